The van der Waals surface area contributed by atoms with Crippen LogP contribution >= 0.6 is 0 Å². The van der Waals surface area contributed by atoms with Crippen LogP contribution in [0.1, 0.15) is 28.7 Å². The van der Waals surface area contributed by atoms with Crippen LogP contribution in [0.2, 0.25) is 0 Å². The summed E-state index contributed by atoms with van der Waals surface area (Å²) in [6.45, 7) is 4.48. The summed E-state index contributed by atoms with van der Waals surface area (Å²) in [4.78, 5) is 8.62. The lowest BCUT2D eigenvalue weighted by molar-refractivity contribution is 0.487. The molecule has 1 aromatic carbocycles. The number of oxazole rings is 1. The van der Waals surface area contributed by atoms with Gasteiger partial charge < -0.3 is 8.98 Å². The lowest BCUT2D eigenvalue weighted by Gasteiger charge is -2.07. The first kappa shape index (κ1) is 15.7. The van der Waals surface area contributed by atoms with Gasteiger partial charge >= 0.3 is 0 Å². The highest BCUT2D eigenvalue weighted by atomic mass is 32.2. The molecule has 0 amide bonds. The molecule has 5 nitrogen and oxygen atoms in total. The third-order valence-electron chi connectivity index (χ3n) is 3.64. The molecule has 0 aliphatic heterocycles. The molecule has 3 rings (SSSR count). The smallest absolute Gasteiger partial charge is 0.207 e. The molecule has 0 aliphatic rings. The van der Waals surface area contributed by atoms with E-state index < -0.39 is 10.8 Å². The fourth-order valence-electron chi connectivity index (χ4n) is 2.34. The maximum Gasteiger partial charge on any atom is 0.207 e. The van der Waals surface area contributed by atoms with Crippen molar-refractivity contribution in [3.8, 4) is 0 Å². The van der Waals surface area contributed by atoms with Gasteiger partial charge in [-0.2, -0.15) is 0 Å². The summed E-state index contributed by atoms with van der Waals surface area (Å²) in [5.74, 6) is 2.82. The normalized spacial score (nSPS) is 12.4. The van der Waals surface area contributed by atoms with Crippen LogP contribution in [0, 0.1) is 13.8 Å². The number of hydrogen-bond acceptors (Lipinski definition) is 4. The summed E-state index contributed by atoms with van der Waals surface area (Å²) in [5, 5.41) is 0. The molecular formula is C17H19N3O2S. The van der Waals surface area contributed by atoms with Gasteiger partial charge in [0.2, 0.25) is 5.89 Å². The number of aryl methyl sites for hydroxylation is 2. The van der Waals surface area contributed by atoms with Crippen LogP contribution in [0.25, 0.3) is 0 Å². The van der Waals surface area contributed by atoms with Gasteiger partial charge in [-0.3, -0.25) is 4.21 Å². The van der Waals surface area contributed by atoms with E-state index in [9.17, 15) is 4.21 Å². The summed E-state index contributed by atoms with van der Waals surface area (Å²) < 4.78 is 19.9. The topological polar surface area (TPSA) is 60.9 Å². The van der Waals surface area contributed by atoms with Crippen molar-refractivity contribution >= 4 is 10.8 Å². The van der Waals surface area contributed by atoms with Crippen molar-refractivity contribution in [1.82, 2.24) is 14.5 Å². The molecule has 3 aromatic rings. The Bertz CT molecular complexity index is 789. The maximum atomic E-state index is 12.4. The summed E-state index contributed by atoms with van der Waals surface area (Å²) in [6.07, 6.45) is 3.66. The molecule has 0 saturated heterocycles. The summed E-state index contributed by atoms with van der Waals surface area (Å²) >= 11 is 0. The van der Waals surface area contributed by atoms with Crippen molar-refractivity contribution < 1.29 is 8.63 Å². The Morgan fingerprint density at radius 3 is 2.65 bits per heavy atom. The predicted octanol–water partition coefficient (Wildman–Crippen LogP) is 2.99. The molecule has 0 fully saturated rings. The van der Waals surface area contributed by atoms with Crippen LogP contribution in [0.5, 0.6) is 0 Å². The van der Waals surface area contributed by atoms with E-state index in [0.717, 1.165) is 23.8 Å². The van der Waals surface area contributed by atoms with Crippen LogP contribution in [0.3, 0.4) is 0 Å². The number of nitrogens with zero attached hydrogens (tertiary/aromatic N) is 3. The maximum absolute atomic E-state index is 12.4. The van der Waals surface area contributed by atoms with Crippen molar-refractivity contribution in [3.05, 3.63) is 71.5 Å². The van der Waals surface area contributed by atoms with Crippen molar-refractivity contribution in [3.63, 3.8) is 0 Å². The summed E-state index contributed by atoms with van der Waals surface area (Å²) in [6, 6.07) is 10.2. The highest BCUT2D eigenvalue weighted by molar-refractivity contribution is 7.83. The van der Waals surface area contributed by atoms with E-state index in [-0.39, 0.29) is 0 Å². The van der Waals surface area contributed by atoms with Gasteiger partial charge in [0.05, 0.1) is 11.4 Å². The zero-order valence-electron chi connectivity index (χ0n) is 13.2. The van der Waals surface area contributed by atoms with Gasteiger partial charge in [-0.1, -0.05) is 30.3 Å². The van der Waals surface area contributed by atoms with E-state index in [1.54, 1.807) is 6.20 Å². The quantitative estimate of drug-likeness (QED) is 0.697. The van der Waals surface area contributed by atoms with E-state index in [2.05, 4.69) is 22.1 Å². The Morgan fingerprint density at radius 1 is 1.17 bits per heavy atom. The van der Waals surface area contributed by atoms with Gasteiger partial charge in [0.15, 0.2) is 0 Å². The second kappa shape index (κ2) is 6.91. The minimum Gasteiger partial charge on any atom is -0.445 e. The van der Waals surface area contributed by atoms with E-state index in [4.69, 9.17) is 4.42 Å². The molecular weight excluding hydrogens is 310 g/mol. The fourth-order valence-corrected chi connectivity index (χ4v) is 3.37. The van der Waals surface area contributed by atoms with Crippen molar-refractivity contribution in [2.24, 2.45) is 0 Å². The first-order valence-electron chi connectivity index (χ1n) is 7.43. The SMILES string of the molecule is Cc1nc(CS(=O)Cc2nccn2Cc2ccccc2)oc1C. The highest BCUT2D eigenvalue weighted by Gasteiger charge is 2.13. The molecule has 2 aromatic heterocycles. The molecule has 0 saturated carbocycles. The van der Waals surface area contributed by atoms with E-state index in [0.29, 0.717) is 17.4 Å². The van der Waals surface area contributed by atoms with Gasteiger partial charge in [-0.15, -0.1) is 0 Å². The first-order valence-corrected chi connectivity index (χ1v) is 8.92. The number of aromatic nitrogens is 3. The molecule has 0 bridgehead atoms. The van der Waals surface area contributed by atoms with Gasteiger partial charge in [-0.25, -0.2) is 9.97 Å². The zero-order chi connectivity index (χ0) is 16.2. The third-order valence-corrected chi connectivity index (χ3v) is 4.79. The molecule has 6 heteroatoms. The molecule has 0 spiro atoms. The van der Waals surface area contributed by atoms with Gasteiger partial charge in [0, 0.05) is 29.7 Å². The predicted molar refractivity (Wildman–Crippen MR) is 89.3 cm³/mol. The average Bonchev–Trinajstić information content (AvgIpc) is 3.07. The zero-order valence-corrected chi connectivity index (χ0v) is 14.0. The van der Waals surface area contributed by atoms with Crippen molar-refractivity contribution in [1.29, 1.82) is 0 Å². The molecule has 23 heavy (non-hydrogen) atoms. The number of imidazole rings is 1. The van der Waals surface area contributed by atoms with Gasteiger partial charge in [-0.05, 0) is 19.4 Å². The lowest BCUT2D eigenvalue weighted by atomic mass is 10.2. The van der Waals surface area contributed by atoms with E-state index in [1.165, 1.54) is 5.56 Å². The Labute approximate surface area is 137 Å². The Kier molecular flexibility index (Phi) is 4.71. The summed E-state index contributed by atoms with van der Waals surface area (Å²) in [7, 11) is -1.10. The monoisotopic (exact) mass is 329 g/mol. The first-order chi connectivity index (χ1) is 11.1. The second-order valence-corrected chi connectivity index (χ2v) is 6.89. The van der Waals surface area contributed by atoms with Crippen LogP contribution in [0.15, 0.2) is 47.1 Å². The second-order valence-electron chi connectivity index (χ2n) is 5.43. The van der Waals surface area contributed by atoms with E-state index >= 15 is 0 Å². The Balaban J connectivity index is 1.66. The Hall–Kier alpha value is -2.21. The third kappa shape index (κ3) is 3.96. The molecule has 0 aliphatic carbocycles. The van der Waals surface area contributed by atoms with Crippen molar-refractivity contribution in [2.75, 3.05) is 0 Å². The summed E-state index contributed by atoms with van der Waals surface area (Å²) in [5.41, 5.74) is 2.04. The largest absolute Gasteiger partial charge is 0.445 e. The van der Waals surface area contributed by atoms with Crippen LogP contribution in [0.4, 0.5) is 0 Å². The molecule has 1 atom stereocenters. The minimum atomic E-state index is -1.10. The van der Waals surface area contributed by atoms with Crippen molar-refractivity contribution in [2.45, 2.75) is 31.9 Å². The number of benzene rings is 1. The standard InChI is InChI=1S/C17H19N3O2S/c1-13-14(2)22-17(19-13)12-23(21)11-16-18-8-9-20(16)10-15-6-4-3-5-7-15/h3-9H,10-12H2,1-2H3. The molecule has 2 heterocycles. The highest BCUT2D eigenvalue weighted by Crippen LogP contribution is 2.13. The van der Waals surface area contributed by atoms with Crippen LogP contribution in [-0.4, -0.2) is 18.7 Å². The minimum absolute atomic E-state index is 0.312. The Morgan fingerprint density at radius 2 is 1.96 bits per heavy atom. The molecule has 0 radical (unpaired) electrons. The van der Waals surface area contributed by atoms with Gasteiger partial charge in [0.1, 0.15) is 17.3 Å². The van der Waals surface area contributed by atoms with Crippen LogP contribution < -0.4 is 0 Å². The molecule has 120 valence electrons. The van der Waals surface area contributed by atoms with Crippen LogP contribution in [-0.2, 0) is 28.9 Å². The molecule has 0 N–H and O–H groups in total. The fraction of sp³-hybridized carbons (Fsp3) is 0.294. The number of rotatable bonds is 6. The van der Waals surface area contributed by atoms with Gasteiger partial charge in [0.25, 0.3) is 0 Å². The lowest BCUT2D eigenvalue weighted by Crippen LogP contribution is -2.08. The average molecular weight is 329 g/mol. The van der Waals surface area contributed by atoms with E-state index in [1.807, 2.05) is 42.8 Å². The molecule has 1 unspecified atom stereocenters. The number of hydrogen-bond donors (Lipinski definition) is 0.